The number of aromatic nitrogens is 3. The first-order chi connectivity index (χ1) is 18.8. The Bertz CT molecular complexity index is 1690. The first kappa shape index (κ1) is 27.3. The van der Waals surface area contributed by atoms with Crippen molar-refractivity contribution in [2.24, 2.45) is 11.3 Å². The van der Waals surface area contributed by atoms with E-state index in [2.05, 4.69) is 42.2 Å². The quantitative estimate of drug-likeness (QED) is 0.217. The van der Waals surface area contributed by atoms with Crippen LogP contribution in [0.4, 0.5) is 23.9 Å². The second-order valence-corrected chi connectivity index (χ2v) is 11.8. The Balaban J connectivity index is 1.50. The molecule has 1 aromatic carbocycles. The predicted molar refractivity (Wildman–Crippen MR) is 142 cm³/mol. The topological polar surface area (TPSA) is 126 Å². The van der Waals surface area contributed by atoms with Crippen molar-refractivity contribution >= 4 is 33.6 Å². The number of nitrogens with zero attached hydrogens (tertiary/aromatic N) is 5. The molecule has 0 bridgehead atoms. The Kier molecular flexibility index (Phi) is 6.62. The summed E-state index contributed by atoms with van der Waals surface area (Å²) < 4.78 is 42.5. The summed E-state index contributed by atoms with van der Waals surface area (Å²) in [4.78, 5) is 28.7. The third-order valence-electron chi connectivity index (χ3n) is 7.15. The van der Waals surface area contributed by atoms with Crippen LogP contribution in [-0.2, 0) is 19.0 Å². The Hall–Kier alpha value is -4.31. The number of rotatable bonds is 4. The van der Waals surface area contributed by atoms with Crippen LogP contribution in [0.2, 0.25) is 0 Å². The van der Waals surface area contributed by atoms with Crippen molar-refractivity contribution in [1.82, 2.24) is 14.6 Å². The highest BCUT2D eigenvalue weighted by atomic mass is 32.1. The molecule has 1 aliphatic rings. The van der Waals surface area contributed by atoms with E-state index < -0.39 is 22.7 Å². The van der Waals surface area contributed by atoms with Gasteiger partial charge < -0.3 is 5.32 Å². The molecule has 5 rings (SSSR count). The molecule has 4 aromatic rings. The van der Waals surface area contributed by atoms with Gasteiger partial charge in [-0.25, -0.2) is 9.50 Å². The van der Waals surface area contributed by atoms with Crippen LogP contribution in [-0.4, -0.2) is 25.4 Å². The van der Waals surface area contributed by atoms with Crippen molar-refractivity contribution in [1.29, 1.82) is 5.26 Å². The first-order valence-corrected chi connectivity index (χ1v) is 13.2. The predicted octanol–water partition coefficient (Wildman–Crippen LogP) is 6.66. The van der Waals surface area contributed by atoms with Crippen LogP contribution < -0.4 is 5.32 Å². The van der Waals surface area contributed by atoms with Crippen molar-refractivity contribution in [2.75, 3.05) is 5.32 Å². The molecule has 13 heteroatoms. The van der Waals surface area contributed by atoms with Gasteiger partial charge in [0, 0.05) is 28.6 Å². The van der Waals surface area contributed by atoms with E-state index in [0.717, 1.165) is 35.4 Å². The number of carbonyl (C=O) groups excluding carboxylic acids is 1. The van der Waals surface area contributed by atoms with Gasteiger partial charge >= 0.3 is 6.18 Å². The second-order valence-electron chi connectivity index (χ2n) is 10.7. The number of nitro benzene ring substituents is 1. The SMILES string of the molecule is CC(C)(C)[C@H]1CCc2c(sc(NC(=O)c3cc4nc(-c5ccc([N+](=O)[O-])cc5)cc(C(F)(F)F)n4n3)c2C#N)C1. The molecule has 1 atom stereocenters. The maximum Gasteiger partial charge on any atom is 0.433 e. The molecule has 0 radical (unpaired) electrons. The summed E-state index contributed by atoms with van der Waals surface area (Å²) in [6.45, 7) is 6.51. The largest absolute Gasteiger partial charge is 0.433 e. The zero-order valence-electron chi connectivity index (χ0n) is 21.7. The van der Waals surface area contributed by atoms with Crippen LogP contribution >= 0.6 is 11.3 Å². The van der Waals surface area contributed by atoms with E-state index >= 15 is 0 Å². The number of nitro groups is 1. The maximum atomic E-state index is 14.0. The highest BCUT2D eigenvalue weighted by Gasteiger charge is 2.36. The monoisotopic (exact) mass is 568 g/mol. The van der Waals surface area contributed by atoms with Crippen molar-refractivity contribution < 1.29 is 22.9 Å². The van der Waals surface area contributed by atoms with Gasteiger partial charge in [0.15, 0.2) is 17.0 Å². The lowest BCUT2D eigenvalue weighted by Crippen LogP contribution is -2.26. The molecule has 0 saturated heterocycles. The molecule has 3 aromatic heterocycles. The molecule has 0 fully saturated rings. The third kappa shape index (κ3) is 5.02. The fraction of sp³-hybridized carbons (Fsp3) is 0.333. The van der Waals surface area contributed by atoms with Gasteiger partial charge in [0.2, 0.25) is 0 Å². The van der Waals surface area contributed by atoms with Crippen LogP contribution in [0.5, 0.6) is 0 Å². The number of non-ortho nitro benzene ring substituents is 1. The minimum atomic E-state index is -4.83. The average Bonchev–Trinajstić information content (AvgIpc) is 3.47. The minimum Gasteiger partial charge on any atom is -0.311 e. The summed E-state index contributed by atoms with van der Waals surface area (Å²) in [7, 11) is 0. The Morgan fingerprint density at radius 2 is 1.93 bits per heavy atom. The van der Waals surface area contributed by atoms with Crippen molar-refractivity contribution in [3.8, 4) is 17.3 Å². The number of fused-ring (bicyclic) bond motifs is 2. The van der Waals surface area contributed by atoms with Gasteiger partial charge in [0.25, 0.3) is 11.6 Å². The summed E-state index contributed by atoms with van der Waals surface area (Å²) in [5, 5.41) is 27.7. The number of hydrogen-bond donors (Lipinski definition) is 1. The summed E-state index contributed by atoms with van der Waals surface area (Å²) in [5.41, 5.74) is -0.409. The Labute approximate surface area is 230 Å². The number of nitriles is 1. The molecule has 1 N–H and O–H groups in total. The summed E-state index contributed by atoms with van der Waals surface area (Å²) in [6.07, 6.45) is -2.41. The molecular formula is C27H23F3N6O3S. The number of anilines is 1. The molecule has 40 heavy (non-hydrogen) atoms. The number of carbonyl (C=O) groups is 1. The van der Waals surface area contributed by atoms with Crippen LogP contribution in [0.15, 0.2) is 36.4 Å². The van der Waals surface area contributed by atoms with Crippen molar-refractivity contribution in [2.45, 2.75) is 46.2 Å². The molecule has 0 saturated carbocycles. The number of nitrogens with one attached hydrogen (secondary N) is 1. The standard InChI is InChI=1S/C27H23F3N6O3S/c1-26(2,3)15-6-9-17-18(13-31)25(40-21(17)10-15)33-24(37)20-12-23-32-19(11-22(27(28,29)30)35(23)34-20)14-4-7-16(8-5-14)36(38)39/h4-5,7-8,11-12,15H,6,9-10H2,1-3H3,(H,33,37)/t15-/m0/s1. The third-order valence-corrected chi connectivity index (χ3v) is 8.32. The zero-order chi connectivity index (χ0) is 29.0. The first-order valence-electron chi connectivity index (χ1n) is 12.3. The molecule has 1 aliphatic carbocycles. The van der Waals surface area contributed by atoms with Gasteiger partial charge in [0.1, 0.15) is 11.1 Å². The van der Waals surface area contributed by atoms with Gasteiger partial charge in [-0.2, -0.15) is 23.5 Å². The van der Waals surface area contributed by atoms with E-state index in [1.165, 1.54) is 35.6 Å². The normalized spacial score (nSPS) is 15.5. The van der Waals surface area contributed by atoms with E-state index in [1.807, 2.05) is 0 Å². The van der Waals surface area contributed by atoms with E-state index in [9.17, 15) is 33.3 Å². The van der Waals surface area contributed by atoms with E-state index in [1.54, 1.807) is 0 Å². The van der Waals surface area contributed by atoms with Crippen LogP contribution in [0.1, 0.15) is 59.4 Å². The van der Waals surface area contributed by atoms with Crippen molar-refractivity contribution in [3.63, 3.8) is 0 Å². The molecular weight excluding hydrogens is 545 g/mol. The van der Waals surface area contributed by atoms with Crippen LogP contribution in [0.25, 0.3) is 16.9 Å². The highest BCUT2D eigenvalue weighted by molar-refractivity contribution is 7.16. The molecule has 3 heterocycles. The molecule has 9 nitrogen and oxygen atoms in total. The fourth-order valence-electron chi connectivity index (χ4n) is 4.89. The lowest BCUT2D eigenvalue weighted by Gasteiger charge is -2.33. The molecule has 0 spiro atoms. The number of amides is 1. The number of benzene rings is 1. The number of hydrogen-bond acceptors (Lipinski definition) is 7. The molecule has 0 unspecified atom stereocenters. The summed E-state index contributed by atoms with van der Waals surface area (Å²) in [5.74, 6) is -0.345. The van der Waals surface area contributed by atoms with Gasteiger partial charge in [-0.1, -0.05) is 20.8 Å². The van der Waals surface area contributed by atoms with E-state index in [-0.39, 0.29) is 33.7 Å². The number of alkyl halides is 3. The molecule has 0 aliphatic heterocycles. The lowest BCUT2D eigenvalue weighted by molar-refractivity contribution is -0.384. The van der Waals surface area contributed by atoms with Crippen LogP contribution in [0, 0.1) is 32.8 Å². The zero-order valence-corrected chi connectivity index (χ0v) is 22.5. The van der Waals surface area contributed by atoms with Crippen LogP contribution in [0.3, 0.4) is 0 Å². The van der Waals surface area contributed by atoms with Gasteiger partial charge in [0.05, 0.1) is 16.2 Å². The highest BCUT2D eigenvalue weighted by Crippen LogP contribution is 2.44. The smallest absolute Gasteiger partial charge is 0.311 e. The number of thiophene rings is 1. The molecule has 206 valence electrons. The summed E-state index contributed by atoms with van der Waals surface area (Å²) >= 11 is 1.31. The van der Waals surface area contributed by atoms with Crippen molar-refractivity contribution in [3.05, 3.63) is 73.9 Å². The Morgan fingerprint density at radius 1 is 1.23 bits per heavy atom. The second kappa shape index (κ2) is 9.71. The van der Waals surface area contributed by atoms with E-state index in [0.29, 0.717) is 27.4 Å². The maximum absolute atomic E-state index is 14.0. The lowest BCUT2D eigenvalue weighted by atomic mass is 9.72. The molecule has 1 amide bonds. The van der Waals surface area contributed by atoms with Gasteiger partial charge in [-0.15, -0.1) is 11.3 Å². The average molecular weight is 569 g/mol. The minimum absolute atomic E-state index is 0.0882. The fourth-order valence-corrected chi connectivity index (χ4v) is 6.16. The van der Waals surface area contributed by atoms with Gasteiger partial charge in [-0.3, -0.25) is 14.9 Å². The Morgan fingerprint density at radius 3 is 2.52 bits per heavy atom. The van der Waals surface area contributed by atoms with Gasteiger partial charge in [-0.05, 0) is 54.4 Å². The van der Waals surface area contributed by atoms with E-state index in [4.69, 9.17) is 0 Å². The summed E-state index contributed by atoms with van der Waals surface area (Å²) in [6, 6.07) is 9.01. The number of halogens is 3.